The number of aryl methyl sites for hydroxylation is 2. The first-order valence-electron chi connectivity index (χ1n) is 9.57. The van der Waals surface area contributed by atoms with E-state index < -0.39 is 4.92 Å². The number of nitrogens with zero attached hydrogens (tertiary/aromatic N) is 7. The molecule has 2 aromatic heterocycles. The predicted molar refractivity (Wildman–Crippen MR) is 110 cm³/mol. The number of aromatic nitrogens is 4. The van der Waals surface area contributed by atoms with Crippen LogP contribution in [-0.2, 0) is 0 Å². The van der Waals surface area contributed by atoms with Crippen LogP contribution < -0.4 is 4.90 Å². The highest BCUT2D eigenvalue weighted by molar-refractivity contribution is 5.94. The second-order valence-corrected chi connectivity index (χ2v) is 7.16. The van der Waals surface area contributed by atoms with Gasteiger partial charge >= 0.3 is 0 Å². The number of carbonyl (C=O) groups is 1. The van der Waals surface area contributed by atoms with Crippen LogP contribution in [-0.4, -0.2) is 61.7 Å². The molecule has 1 fully saturated rings. The minimum Gasteiger partial charge on any atom is -0.352 e. The van der Waals surface area contributed by atoms with Crippen molar-refractivity contribution in [2.24, 2.45) is 0 Å². The number of rotatable bonds is 4. The fourth-order valence-corrected chi connectivity index (χ4v) is 3.51. The number of carbonyl (C=O) groups excluding carboxylic acids is 1. The molecule has 0 saturated carbocycles. The van der Waals surface area contributed by atoms with E-state index in [1.165, 1.54) is 24.3 Å². The molecule has 1 saturated heterocycles. The van der Waals surface area contributed by atoms with Crippen LogP contribution in [0.15, 0.2) is 42.7 Å². The molecule has 10 nitrogen and oxygen atoms in total. The van der Waals surface area contributed by atoms with E-state index in [-0.39, 0.29) is 11.6 Å². The summed E-state index contributed by atoms with van der Waals surface area (Å²) in [6, 6.07) is 7.68. The van der Waals surface area contributed by atoms with Crippen LogP contribution in [0.3, 0.4) is 0 Å². The fourth-order valence-electron chi connectivity index (χ4n) is 3.51. The van der Waals surface area contributed by atoms with E-state index in [9.17, 15) is 14.9 Å². The van der Waals surface area contributed by atoms with Gasteiger partial charge in [0.25, 0.3) is 11.6 Å². The number of non-ortho nitro benzene ring substituents is 1. The van der Waals surface area contributed by atoms with Crippen molar-refractivity contribution in [2.75, 3.05) is 31.1 Å². The molecule has 0 atom stereocenters. The Balaban J connectivity index is 1.43. The summed E-state index contributed by atoms with van der Waals surface area (Å²) in [7, 11) is 0. The van der Waals surface area contributed by atoms with Gasteiger partial charge in [-0.1, -0.05) is 0 Å². The summed E-state index contributed by atoms with van der Waals surface area (Å²) in [4.78, 5) is 35.8. The van der Waals surface area contributed by atoms with Crippen molar-refractivity contribution in [2.45, 2.75) is 13.8 Å². The first-order valence-corrected chi connectivity index (χ1v) is 9.57. The van der Waals surface area contributed by atoms with Gasteiger partial charge in [-0.15, -0.1) is 0 Å². The van der Waals surface area contributed by atoms with E-state index in [0.29, 0.717) is 37.6 Å². The van der Waals surface area contributed by atoms with Gasteiger partial charge in [0, 0.05) is 49.6 Å². The summed E-state index contributed by atoms with van der Waals surface area (Å²) >= 11 is 0. The number of hydrogen-bond acceptors (Lipinski definition) is 7. The first kappa shape index (κ1) is 19.5. The van der Waals surface area contributed by atoms with Gasteiger partial charge in [0.1, 0.15) is 5.82 Å². The van der Waals surface area contributed by atoms with Gasteiger partial charge in [0.15, 0.2) is 5.82 Å². The minimum atomic E-state index is -0.478. The Hall–Kier alpha value is -3.82. The molecule has 0 spiro atoms. The zero-order valence-electron chi connectivity index (χ0n) is 16.7. The Morgan fingerprint density at radius 3 is 2.30 bits per heavy atom. The molecule has 10 heteroatoms. The van der Waals surface area contributed by atoms with Gasteiger partial charge in [0.2, 0.25) is 0 Å². The molecule has 1 aliphatic heterocycles. The van der Waals surface area contributed by atoms with E-state index in [2.05, 4.69) is 15.0 Å². The first-order chi connectivity index (χ1) is 14.4. The number of piperazine rings is 1. The lowest BCUT2D eigenvalue weighted by Gasteiger charge is -2.35. The molecule has 1 aromatic carbocycles. The molecule has 4 rings (SSSR count). The standard InChI is InChI=1S/C20H21N7O3/c1-14-11-15(2)26(23-14)19-13-21-12-18(22-19)24-7-9-25(10-8-24)20(28)16-3-5-17(6-4-16)27(29)30/h3-6,11-13H,7-10H2,1-2H3. The maximum atomic E-state index is 12.7. The predicted octanol–water partition coefficient (Wildman–Crippen LogP) is 2.15. The minimum absolute atomic E-state index is 0.0302. The number of nitro benzene ring substituents is 1. The fraction of sp³-hybridized carbons (Fsp3) is 0.300. The summed E-state index contributed by atoms with van der Waals surface area (Å²) in [6.45, 7) is 6.20. The van der Waals surface area contributed by atoms with Gasteiger partial charge in [0.05, 0.1) is 23.0 Å². The highest BCUT2D eigenvalue weighted by atomic mass is 16.6. The average Bonchev–Trinajstić information content (AvgIpc) is 3.11. The van der Waals surface area contributed by atoms with Gasteiger partial charge < -0.3 is 9.80 Å². The van der Waals surface area contributed by atoms with Crippen molar-refractivity contribution < 1.29 is 9.72 Å². The summed E-state index contributed by atoms with van der Waals surface area (Å²) in [6.07, 6.45) is 3.39. The van der Waals surface area contributed by atoms with E-state index in [1.807, 2.05) is 19.9 Å². The summed E-state index contributed by atoms with van der Waals surface area (Å²) in [5.41, 5.74) is 2.31. The van der Waals surface area contributed by atoms with E-state index >= 15 is 0 Å². The van der Waals surface area contributed by atoms with Crippen molar-refractivity contribution in [3.63, 3.8) is 0 Å². The lowest BCUT2D eigenvalue weighted by molar-refractivity contribution is -0.384. The molecule has 0 unspecified atom stereocenters. The van der Waals surface area contributed by atoms with Crippen LogP contribution in [0, 0.1) is 24.0 Å². The lowest BCUT2D eigenvalue weighted by atomic mass is 10.1. The number of anilines is 1. The van der Waals surface area contributed by atoms with Crippen molar-refractivity contribution in [1.82, 2.24) is 24.6 Å². The van der Waals surface area contributed by atoms with Crippen LogP contribution in [0.5, 0.6) is 0 Å². The molecule has 154 valence electrons. The Morgan fingerprint density at radius 2 is 1.70 bits per heavy atom. The monoisotopic (exact) mass is 407 g/mol. The largest absolute Gasteiger partial charge is 0.352 e. The third kappa shape index (κ3) is 3.84. The quantitative estimate of drug-likeness (QED) is 0.481. The van der Waals surface area contributed by atoms with Crippen LogP contribution in [0.2, 0.25) is 0 Å². The summed E-state index contributed by atoms with van der Waals surface area (Å²) in [5.74, 6) is 1.26. The zero-order valence-corrected chi connectivity index (χ0v) is 16.7. The highest BCUT2D eigenvalue weighted by Gasteiger charge is 2.24. The molecule has 30 heavy (non-hydrogen) atoms. The Kier molecular flexibility index (Phi) is 5.13. The SMILES string of the molecule is Cc1cc(C)n(-c2cncc(N3CCN(C(=O)c4ccc([N+](=O)[O-])cc4)CC3)n2)n1. The van der Waals surface area contributed by atoms with Crippen LogP contribution in [0.4, 0.5) is 11.5 Å². The van der Waals surface area contributed by atoms with Gasteiger partial charge in [-0.05, 0) is 32.0 Å². The summed E-state index contributed by atoms with van der Waals surface area (Å²) in [5, 5.41) is 15.2. The third-order valence-corrected chi connectivity index (χ3v) is 5.05. The number of nitro groups is 1. The molecular weight excluding hydrogens is 386 g/mol. The maximum Gasteiger partial charge on any atom is 0.269 e. The highest BCUT2D eigenvalue weighted by Crippen LogP contribution is 2.18. The van der Waals surface area contributed by atoms with Crippen LogP contribution >= 0.6 is 0 Å². The van der Waals surface area contributed by atoms with Gasteiger partial charge in [-0.25, -0.2) is 9.67 Å². The van der Waals surface area contributed by atoms with E-state index in [1.54, 1.807) is 22.0 Å². The molecule has 1 amide bonds. The smallest absolute Gasteiger partial charge is 0.269 e. The van der Waals surface area contributed by atoms with E-state index in [0.717, 1.165) is 17.2 Å². The second kappa shape index (κ2) is 7.90. The molecule has 0 bridgehead atoms. The topological polar surface area (TPSA) is 110 Å². The zero-order chi connectivity index (χ0) is 21.3. The lowest BCUT2D eigenvalue weighted by Crippen LogP contribution is -2.49. The van der Waals surface area contributed by atoms with E-state index in [4.69, 9.17) is 4.98 Å². The van der Waals surface area contributed by atoms with Crippen molar-refractivity contribution >= 4 is 17.4 Å². The van der Waals surface area contributed by atoms with Gasteiger partial charge in [-0.3, -0.25) is 19.9 Å². The molecule has 1 aliphatic rings. The second-order valence-electron chi connectivity index (χ2n) is 7.16. The number of benzene rings is 1. The molecule has 3 heterocycles. The molecule has 0 radical (unpaired) electrons. The average molecular weight is 407 g/mol. The Bertz CT molecular complexity index is 1090. The van der Waals surface area contributed by atoms with Gasteiger partial charge in [-0.2, -0.15) is 5.10 Å². The Labute approximate surface area is 172 Å². The molecule has 0 aliphatic carbocycles. The van der Waals surface area contributed by atoms with Crippen molar-refractivity contribution in [3.8, 4) is 5.82 Å². The maximum absolute atomic E-state index is 12.7. The molecule has 3 aromatic rings. The number of amides is 1. The summed E-state index contributed by atoms with van der Waals surface area (Å²) < 4.78 is 1.76. The third-order valence-electron chi connectivity index (χ3n) is 5.05. The van der Waals surface area contributed by atoms with Crippen molar-refractivity contribution in [1.29, 1.82) is 0 Å². The normalized spacial score (nSPS) is 14.1. The Morgan fingerprint density at radius 1 is 1.03 bits per heavy atom. The van der Waals surface area contributed by atoms with Crippen LogP contribution in [0.1, 0.15) is 21.7 Å². The molecule has 0 N–H and O–H groups in total. The molecular formula is C20H21N7O3. The van der Waals surface area contributed by atoms with Crippen molar-refractivity contribution in [3.05, 3.63) is 69.8 Å². The number of hydrogen-bond donors (Lipinski definition) is 0. The van der Waals surface area contributed by atoms with Crippen LogP contribution in [0.25, 0.3) is 5.82 Å².